The lowest BCUT2D eigenvalue weighted by molar-refractivity contribution is -0.138. The van der Waals surface area contributed by atoms with E-state index in [0.29, 0.717) is 31.0 Å². The van der Waals surface area contributed by atoms with Gasteiger partial charge in [-0.3, -0.25) is 9.80 Å². The first-order valence-corrected chi connectivity index (χ1v) is 12.0. The Morgan fingerprint density at radius 3 is 2.40 bits per heavy atom. The second kappa shape index (κ2) is 12.0. The maximum Gasteiger partial charge on any atom is 0.314 e. The molecule has 0 saturated carbocycles. The molecule has 0 aliphatic carbocycles. The fraction of sp³-hybridized carbons (Fsp3) is 0.462. The molecule has 2 unspecified atom stereocenters. The molecule has 2 bridgehead atoms. The normalized spacial score (nSPS) is 20.2. The molecule has 2 aliphatic heterocycles. The number of primary amides is 1. The maximum atomic E-state index is 13.4. The van der Waals surface area contributed by atoms with Gasteiger partial charge in [-0.05, 0) is 48.4 Å². The minimum absolute atomic E-state index is 0.122. The van der Waals surface area contributed by atoms with Crippen molar-refractivity contribution in [3.63, 3.8) is 0 Å². The zero-order valence-corrected chi connectivity index (χ0v) is 19.8. The Labute approximate surface area is 205 Å². The summed E-state index contributed by atoms with van der Waals surface area (Å²) >= 11 is 0. The van der Waals surface area contributed by atoms with Crippen molar-refractivity contribution in [2.75, 3.05) is 59.0 Å². The summed E-state index contributed by atoms with van der Waals surface area (Å²) in [5, 5.41) is 8.87. The Morgan fingerprint density at radius 1 is 1.09 bits per heavy atom. The summed E-state index contributed by atoms with van der Waals surface area (Å²) < 4.78 is 25.3. The minimum atomic E-state index is -0.467. The van der Waals surface area contributed by atoms with Gasteiger partial charge in [0.2, 0.25) is 0 Å². The number of hydrogen-bond donors (Lipinski definition) is 1. The largest absolute Gasteiger partial charge is 0.492 e. The lowest BCUT2D eigenvalue weighted by atomic mass is 10.1. The van der Waals surface area contributed by atoms with E-state index in [4.69, 9.17) is 20.5 Å². The predicted octanol–water partition coefficient (Wildman–Crippen LogP) is 2.08. The molecule has 8 nitrogen and oxygen atoms in total. The van der Waals surface area contributed by atoms with Crippen LogP contribution in [-0.4, -0.2) is 91.9 Å². The molecule has 2 saturated heterocycles. The average Bonchev–Trinajstić information content (AvgIpc) is 2.84. The van der Waals surface area contributed by atoms with Gasteiger partial charge < -0.3 is 20.1 Å². The van der Waals surface area contributed by atoms with Crippen LogP contribution in [0, 0.1) is 17.1 Å². The molecule has 0 radical (unpaired) electrons. The third-order valence-corrected chi connectivity index (χ3v) is 6.45. The standard InChI is InChI=1S/C26H32FN5O3/c27-22-3-1-2-20(14-22)8-9-30-16-24-18-31(19-25(17-30)35-24)10-11-32(26(29)33)12-13-34-23-6-4-21(15-28)5-7-23/h1-7,14,24-25H,8-13,16-19H2,(H2,29,33). The molecule has 2 heterocycles. The number of nitrogens with two attached hydrogens (primary N) is 1. The summed E-state index contributed by atoms with van der Waals surface area (Å²) in [5.74, 6) is 0.458. The molecule has 2 aliphatic rings. The van der Waals surface area contributed by atoms with Crippen LogP contribution in [0.2, 0.25) is 0 Å². The van der Waals surface area contributed by atoms with Crippen molar-refractivity contribution in [2.24, 2.45) is 5.73 Å². The number of amides is 2. The monoisotopic (exact) mass is 481 g/mol. The highest BCUT2D eigenvalue weighted by atomic mass is 19.1. The van der Waals surface area contributed by atoms with Crippen LogP contribution in [0.25, 0.3) is 0 Å². The van der Waals surface area contributed by atoms with Crippen LogP contribution in [0.15, 0.2) is 48.5 Å². The summed E-state index contributed by atoms with van der Waals surface area (Å²) in [4.78, 5) is 18.3. The van der Waals surface area contributed by atoms with Gasteiger partial charge >= 0.3 is 6.03 Å². The molecule has 35 heavy (non-hydrogen) atoms. The van der Waals surface area contributed by atoms with Crippen LogP contribution >= 0.6 is 0 Å². The Kier molecular flexibility index (Phi) is 8.53. The van der Waals surface area contributed by atoms with E-state index in [9.17, 15) is 9.18 Å². The number of ether oxygens (including phenoxy) is 2. The van der Waals surface area contributed by atoms with Crippen LogP contribution in [-0.2, 0) is 11.2 Å². The second-order valence-corrected chi connectivity index (χ2v) is 9.09. The van der Waals surface area contributed by atoms with Gasteiger partial charge in [0, 0.05) is 45.8 Å². The number of hydrogen-bond acceptors (Lipinski definition) is 6. The highest BCUT2D eigenvalue weighted by Crippen LogP contribution is 2.20. The van der Waals surface area contributed by atoms with Gasteiger partial charge in [0.1, 0.15) is 18.2 Å². The summed E-state index contributed by atoms with van der Waals surface area (Å²) in [5.41, 5.74) is 7.17. The van der Waals surface area contributed by atoms with Crippen molar-refractivity contribution in [2.45, 2.75) is 18.6 Å². The summed E-state index contributed by atoms with van der Waals surface area (Å²) in [6.45, 7) is 6.15. The number of nitriles is 1. The molecular formula is C26H32FN5O3. The Morgan fingerprint density at radius 2 is 1.77 bits per heavy atom. The van der Waals surface area contributed by atoms with Crippen molar-refractivity contribution < 1.29 is 18.7 Å². The number of nitrogens with zero attached hydrogens (tertiary/aromatic N) is 4. The van der Waals surface area contributed by atoms with Crippen LogP contribution in [0.1, 0.15) is 11.1 Å². The third-order valence-electron chi connectivity index (χ3n) is 6.45. The van der Waals surface area contributed by atoms with Crippen molar-refractivity contribution in [1.82, 2.24) is 14.7 Å². The minimum Gasteiger partial charge on any atom is -0.492 e. The number of fused-ring (bicyclic) bond motifs is 2. The molecule has 0 spiro atoms. The number of carbonyl (C=O) groups excluding carboxylic acids is 1. The average molecular weight is 482 g/mol. The number of halogens is 1. The van der Waals surface area contributed by atoms with Crippen LogP contribution in [0.5, 0.6) is 5.75 Å². The summed E-state index contributed by atoms with van der Waals surface area (Å²) in [6, 6.07) is 15.3. The number of rotatable bonds is 10. The maximum absolute atomic E-state index is 13.4. The van der Waals surface area contributed by atoms with E-state index in [-0.39, 0.29) is 18.0 Å². The molecule has 2 amide bonds. The number of benzene rings is 2. The number of carbonyl (C=O) groups is 1. The van der Waals surface area contributed by atoms with E-state index in [1.807, 2.05) is 6.07 Å². The quantitative estimate of drug-likeness (QED) is 0.558. The molecule has 2 aromatic rings. The van der Waals surface area contributed by atoms with Crippen molar-refractivity contribution >= 4 is 6.03 Å². The number of morpholine rings is 2. The van der Waals surface area contributed by atoms with Crippen LogP contribution in [0.4, 0.5) is 9.18 Å². The van der Waals surface area contributed by atoms with Crippen molar-refractivity contribution in [3.8, 4) is 11.8 Å². The van der Waals surface area contributed by atoms with Crippen LogP contribution < -0.4 is 10.5 Å². The van der Waals surface area contributed by atoms with Crippen molar-refractivity contribution in [3.05, 3.63) is 65.5 Å². The van der Waals surface area contributed by atoms with E-state index < -0.39 is 6.03 Å². The second-order valence-electron chi connectivity index (χ2n) is 9.09. The van der Waals surface area contributed by atoms with Gasteiger partial charge in [-0.2, -0.15) is 5.26 Å². The molecule has 2 aromatic carbocycles. The van der Waals surface area contributed by atoms with Gasteiger partial charge in [0.05, 0.1) is 30.4 Å². The van der Waals surface area contributed by atoms with Crippen molar-refractivity contribution in [1.29, 1.82) is 5.26 Å². The van der Waals surface area contributed by atoms with Gasteiger partial charge in [0.25, 0.3) is 0 Å². The topological polar surface area (TPSA) is 95.1 Å². The molecule has 0 aromatic heterocycles. The highest BCUT2D eigenvalue weighted by molar-refractivity contribution is 5.71. The van der Waals surface area contributed by atoms with E-state index in [0.717, 1.165) is 51.3 Å². The predicted molar refractivity (Wildman–Crippen MR) is 129 cm³/mol. The molecule has 2 N–H and O–H groups in total. The van der Waals surface area contributed by atoms with E-state index in [2.05, 4.69) is 15.9 Å². The Bertz CT molecular complexity index is 1010. The lowest BCUT2D eigenvalue weighted by Gasteiger charge is -2.46. The first kappa shape index (κ1) is 24.9. The van der Waals surface area contributed by atoms with E-state index in [1.54, 1.807) is 41.3 Å². The lowest BCUT2D eigenvalue weighted by Crippen LogP contribution is -2.60. The zero-order chi connectivity index (χ0) is 24.6. The van der Waals surface area contributed by atoms with E-state index in [1.165, 1.54) is 6.07 Å². The summed E-state index contributed by atoms with van der Waals surface area (Å²) in [7, 11) is 0. The van der Waals surface area contributed by atoms with Gasteiger partial charge in [-0.15, -0.1) is 0 Å². The molecule has 9 heteroatoms. The van der Waals surface area contributed by atoms with Gasteiger partial charge in [-0.1, -0.05) is 12.1 Å². The fourth-order valence-electron chi connectivity index (χ4n) is 4.70. The third kappa shape index (κ3) is 7.39. The van der Waals surface area contributed by atoms with E-state index >= 15 is 0 Å². The first-order chi connectivity index (χ1) is 17.0. The Balaban J connectivity index is 1.19. The molecule has 4 rings (SSSR count). The smallest absolute Gasteiger partial charge is 0.314 e. The van der Waals surface area contributed by atoms with Gasteiger partial charge in [0.15, 0.2) is 0 Å². The SMILES string of the molecule is N#Cc1ccc(OCCN(CCN2CC3CN(CCc4cccc(F)c4)CC(C2)O3)C(N)=O)cc1. The molecular weight excluding hydrogens is 449 g/mol. The zero-order valence-electron chi connectivity index (χ0n) is 19.8. The number of urea groups is 1. The first-order valence-electron chi connectivity index (χ1n) is 12.0. The van der Waals surface area contributed by atoms with Crippen LogP contribution in [0.3, 0.4) is 0 Å². The Hall–Kier alpha value is -3.19. The summed E-state index contributed by atoms with van der Waals surface area (Å²) in [6.07, 6.45) is 1.06. The molecule has 2 atom stereocenters. The fourth-order valence-corrected chi connectivity index (χ4v) is 4.70. The molecule has 2 fully saturated rings. The highest BCUT2D eigenvalue weighted by Gasteiger charge is 2.34. The van der Waals surface area contributed by atoms with Gasteiger partial charge in [-0.25, -0.2) is 9.18 Å². The molecule has 186 valence electrons.